The summed E-state index contributed by atoms with van der Waals surface area (Å²) in [6.07, 6.45) is 0.865. The molecule has 0 fully saturated rings. The number of amides is 1. The molecular weight excluding hydrogens is 267 g/mol. The molecule has 0 aliphatic carbocycles. The molecule has 19 heavy (non-hydrogen) atoms. The van der Waals surface area contributed by atoms with E-state index in [1.165, 1.54) is 23.5 Å². The number of aryl methyl sites for hydroxylation is 1. The standard InChI is InChI=1S/C13H13FN2O2S/c1-8-7-15-13(19-8)16-12(17)9(2)18-11-6-4-3-5-10(11)14/h3-7,9H,1-2H3,(H,15,16,17). The van der Waals surface area contributed by atoms with Crippen LogP contribution in [0.3, 0.4) is 0 Å². The molecular formula is C13H13FN2O2S. The van der Waals surface area contributed by atoms with E-state index in [-0.39, 0.29) is 11.7 Å². The zero-order chi connectivity index (χ0) is 13.8. The van der Waals surface area contributed by atoms with Crippen LogP contribution >= 0.6 is 11.3 Å². The van der Waals surface area contributed by atoms with E-state index in [9.17, 15) is 9.18 Å². The maximum Gasteiger partial charge on any atom is 0.266 e. The molecule has 0 saturated heterocycles. The Labute approximate surface area is 114 Å². The molecule has 2 aromatic rings. The molecule has 1 aromatic carbocycles. The highest BCUT2D eigenvalue weighted by molar-refractivity contribution is 7.15. The van der Waals surface area contributed by atoms with Crippen molar-refractivity contribution >= 4 is 22.4 Å². The minimum atomic E-state index is -0.805. The van der Waals surface area contributed by atoms with E-state index in [0.29, 0.717) is 5.13 Å². The first-order valence-electron chi connectivity index (χ1n) is 5.71. The Kier molecular flexibility index (Phi) is 4.11. The Balaban J connectivity index is 1.98. The van der Waals surface area contributed by atoms with Crippen LogP contribution in [0.1, 0.15) is 11.8 Å². The summed E-state index contributed by atoms with van der Waals surface area (Å²) in [6, 6.07) is 5.97. The van der Waals surface area contributed by atoms with Gasteiger partial charge in [0.2, 0.25) is 0 Å². The summed E-state index contributed by atoms with van der Waals surface area (Å²) in [6.45, 7) is 3.45. The third-order valence-electron chi connectivity index (χ3n) is 2.36. The minimum absolute atomic E-state index is 0.0560. The summed E-state index contributed by atoms with van der Waals surface area (Å²) < 4.78 is 18.7. The van der Waals surface area contributed by atoms with E-state index >= 15 is 0 Å². The lowest BCUT2D eigenvalue weighted by Crippen LogP contribution is -2.30. The third-order valence-corrected chi connectivity index (χ3v) is 3.19. The van der Waals surface area contributed by atoms with Gasteiger partial charge in [-0.1, -0.05) is 12.1 Å². The summed E-state index contributed by atoms with van der Waals surface area (Å²) in [7, 11) is 0. The van der Waals surface area contributed by atoms with Crippen LogP contribution in [-0.2, 0) is 4.79 Å². The van der Waals surface area contributed by atoms with E-state index in [1.807, 2.05) is 6.92 Å². The van der Waals surface area contributed by atoms with Crippen molar-refractivity contribution in [2.24, 2.45) is 0 Å². The molecule has 1 amide bonds. The van der Waals surface area contributed by atoms with Crippen LogP contribution in [0.15, 0.2) is 30.5 Å². The Bertz CT molecular complexity index is 586. The fraction of sp³-hybridized carbons (Fsp3) is 0.231. The zero-order valence-electron chi connectivity index (χ0n) is 10.5. The molecule has 1 aromatic heterocycles. The van der Waals surface area contributed by atoms with Crippen molar-refractivity contribution in [3.05, 3.63) is 41.2 Å². The quantitative estimate of drug-likeness (QED) is 0.936. The van der Waals surface area contributed by atoms with Gasteiger partial charge in [0.15, 0.2) is 22.8 Å². The average molecular weight is 280 g/mol. The zero-order valence-corrected chi connectivity index (χ0v) is 11.3. The first-order valence-corrected chi connectivity index (χ1v) is 6.52. The van der Waals surface area contributed by atoms with Gasteiger partial charge in [-0.2, -0.15) is 0 Å². The summed E-state index contributed by atoms with van der Waals surface area (Å²) >= 11 is 1.37. The van der Waals surface area contributed by atoms with Gasteiger partial charge >= 0.3 is 0 Å². The van der Waals surface area contributed by atoms with Crippen LogP contribution in [0.4, 0.5) is 9.52 Å². The molecule has 1 unspecified atom stereocenters. The smallest absolute Gasteiger partial charge is 0.266 e. The molecule has 1 N–H and O–H groups in total. The molecule has 1 atom stereocenters. The number of para-hydroxylation sites is 1. The lowest BCUT2D eigenvalue weighted by atomic mass is 10.3. The van der Waals surface area contributed by atoms with Crippen LogP contribution < -0.4 is 10.1 Å². The number of halogens is 1. The van der Waals surface area contributed by atoms with E-state index in [4.69, 9.17) is 4.74 Å². The number of hydrogen-bond donors (Lipinski definition) is 1. The van der Waals surface area contributed by atoms with Gasteiger partial charge in [-0.3, -0.25) is 10.1 Å². The highest BCUT2D eigenvalue weighted by Gasteiger charge is 2.17. The monoisotopic (exact) mass is 280 g/mol. The Morgan fingerprint density at radius 2 is 2.21 bits per heavy atom. The van der Waals surface area contributed by atoms with Crippen LogP contribution in [-0.4, -0.2) is 17.0 Å². The van der Waals surface area contributed by atoms with Crippen LogP contribution in [0, 0.1) is 12.7 Å². The second-order valence-electron chi connectivity index (χ2n) is 3.96. The number of rotatable bonds is 4. The van der Waals surface area contributed by atoms with Gasteiger partial charge in [0.1, 0.15) is 0 Å². The second-order valence-corrected chi connectivity index (χ2v) is 5.19. The van der Waals surface area contributed by atoms with Crippen molar-refractivity contribution in [1.82, 2.24) is 4.98 Å². The summed E-state index contributed by atoms with van der Waals surface area (Å²) in [4.78, 5) is 16.9. The number of nitrogens with zero attached hydrogens (tertiary/aromatic N) is 1. The van der Waals surface area contributed by atoms with Gasteiger partial charge < -0.3 is 4.74 Å². The average Bonchev–Trinajstić information content (AvgIpc) is 2.77. The number of aromatic nitrogens is 1. The minimum Gasteiger partial charge on any atom is -0.478 e. The number of nitrogens with one attached hydrogen (secondary N) is 1. The van der Waals surface area contributed by atoms with Gasteiger partial charge in [0.05, 0.1) is 0 Å². The summed E-state index contributed by atoms with van der Waals surface area (Å²) in [5.74, 6) is -0.801. The topological polar surface area (TPSA) is 51.2 Å². The van der Waals surface area contributed by atoms with E-state index in [0.717, 1.165) is 4.88 Å². The normalized spacial score (nSPS) is 11.9. The Hall–Kier alpha value is -1.95. The molecule has 4 nitrogen and oxygen atoms in total. The van der Waals surface area contributed by atoms with E-state index in [1.54, 1.807) is 25.3 Å². The first-order chi connectivity index (χ1) is 9.06. The summed E-state index contributed by atoms with van der Waals surface area (Å²) in [5.41, 5.74) is 0. The molecule has 0 saturated carbocycles. The highest BCUT2D eigenvalue weighted by Crippen LogP contribution is 2.19. The molecule has 2 rings (SSSR count). The van der Waals surface area contributed by atoms with Crippen molar-refractivity contribution in [2.75, 3.05) is 5.32 Å². The number of ether oxygens (including phenoxy) is 1. The Morgan fingerprint density at radius 1 is 1.47 bits per heavy atom. The molecule has 0 aliphatic rings. The molecule has 0 bridgehead atoms. The fourth-order valence-electron chi connectivity index (χ4n) is 1.40. The van der Waals surface area contributed by atoms with Crippen molar-refractivity contribution < 1.29 is 13.9 Å². The molecule has 100 valence electrons. The van der Waals surface area contributed by atoms with Gasteiger partial charge in [-0.25, -0.2) is 9.37 Å². The maximum atomic E-state index is 13.4. The summed E-state index contributed by atoms with van der Waals surface area (Å²) in [5, 5.41) is 3.13. The highest BCUT2D eigenvalue weighted by atomic mass is 32.1. The van der Waals surface area contributed by atoms with Gasteiger partial charge in [-0.15, -0.1) is 11.3 Å². The molecule has 0 radical (unpaired) electrons. The maximum absolute atomic E-state index is 13.4. The van der Waals surface area contributed by atoms with Gasteiger partial charge in [0, 0.05) is 11.1 Å². The number of anilines is 1. The number of carbonyl (C=O) groups excluding carboxylic acids is 1. The molecule has 0 spiro atoms. The lowest BCUT2D eigenvalue weighted by molar-refractivity contribution is -0.122. The van der Waals surface area contributed by atoms with E-state index in [2.05, 4.69) is 10.3 Å². The number of carbonyl (C=O) groups is 1. The predicted octanol–water partition coefficient (Wildman–Crippen LogP) is 3.00. The predicted molar refractivity (Wildman–Crippen MR) is 72.0 cm³/mol. The number of hydrogen-bond acceptors (Lipinski definition) is 4. The van der Waals surface area contributed by atoms with Crippen molar-refractivity contribution in [3.63, 3.8) is 0 Å². The number of benzene rings is 1. The van der Waals surface area contributed by atoms with Gasteiger partial charge in [-0.05, 0) is 26.0 Å². The molecule has 1 heterocycles. The van der Waals surface area contributed by atoms with Crippen molar-refractivity contribution in [3.8, 4) is 5.75 Å². The third kappa shape index (κ3) is 3.51. The molecule has 0 aliphatic heterocycles. The molecule has 6 heteroatoms. The van der Waals surface area contributed by atoms with E-state index < -0.39 is 11.9 Å². The SMILES string of the molecule is Cc1cnc(NC(=O)C(C)Oc2ccccc2F)s1. The fourth-order valence-corrected chi connectivity index (χ4v) is 2.07. The van der Waals surface area contributed by atoms with Gasteiger partial charge in [0.25, 0.3) is 5.91 Å². The first kappa shape index (κ1) is 13.5. The van der Waals surface area contributed by atoms with Crippen LogP contribution in [0.2, 0.25) is 0 Å². The van der Waals surface area contributed by atoms with Crippen LogP contribution in [0.5, 0.6) is 5.75 Å². The van der Waals surface area contributed by atoms with Crippen LogP contribution in [0.25, 0.3) is 0 Å². The van der Waals surface area contributed by atoms with Crippen molar-refractivity contribution in [2.45, 2.75) is 20.0 Å². The number of thiazole rings is 1. The van der Waals surface area contributed by atoms with Crippen molar-refractivity contribution in [1.29, 1.82) is 0 Å². The lowest BCUT2D eigenvalue weighted by Gasteiger charge is -2.13. The second kappa shape index (κ2) is 5.79. The largest absolute Gasteiger partial charge is 0.478 e. The Morgan fingerprint density at radius 3 is 2.84 bits per heavy atom.